The fourth-order valence-corrected chi connectivity index (χ4v) is 5.09. The third-order valence-electron chi connectivity index (χ3n) is 7.43. The Morgan fingerprint density at radius 1 is 0.886 bits per heavy atom. The van der Waals surface area contributed by atoms with Crippen molar-refractivity contribution in [2.45, 2.75) is 51.0 Å². The Balaban J connectivity index is 1.57. The van der Waals surface area contributed by atoms with Crippen LogP contribution in [0.3, 0.4) is 0 Å². The van der Waals surface area contributed by atoms with Crippen LogP contribution in [0, 0.1) is 0 Å². The van der Waals surface area contributed by atoms with E-state index in [1.807, 2.05) is 48.5 Å². The normalized spacial score (nSPS) is 11.7. The van der Waals surface area contributed by atoms with E-state index in [0.717, 1.165) is 30.4 Å². The molecule has 4 rings (SSSR count). The van der Waals surface area contributed by atoms with Gasteiger partial charge in [-0.1, -0.05) is 36.8 Å². The highest BCUT2D eigenvalue weighted by Gasteiger charge is 2.26. The van der Waals surface area contributed by atoms with Crippen molar-refractivity contribution in [3.8, 4) is 22.8 Å². The zero-order valence-electron chi connectivity index (χ0n) is 25.3. The second-order valence-corrected chi connectivity index (χ2v) is 10.6. The van der Waals surface area contributed by atoms with E-state index in [9.17, 15) is 14.7 Å². The molecule has 0 unspecified atom stereocenters. The molecule has 0 saturated heterocycles. The fourth-order valence-electron chi connectivity index (χ4n) is 5.09. The number of hydrogen-bond acceptors (Lipinski definition) is 8. The number of benzene rings is 3. The van der Waals surface area contributed by atoms with Gasteiger partial charge in [0.25, 0.3) is 0 Å². The van der Waals surface area contributed by atoms with Crippen molar-refractivity contribution in [2.75, 3.05) is 34.0 Å². The molecule has 9 nitrogen and oxygen atoms in total. The third-order valence-corrected chi connectivity index (χ3v) is 7.43. The Kier molecular flexibility index (Phi) is 12.2. The molecule has 0 radical (unpaired) electrons. The van der Waals surface area contributed by atoms with Crippen molar-refractivity contribution >= 4 is 22.8 Å². The summed E-state index contributed by atoms with van der Waals surface area (Å²) in [5.74, 6) is 0.759. The lowest BCUT2D eigenvalue weighted by Crippen LogP contribution is -2.39. The van der Waals surface area contributed by atoms with Gasteiger partial charge in [-0.2, -0.15) is 0 Å². The maximum absolute atomic E-state index is 13.5. The molecule has 0 fully saturated rings. The topological polar surface area (TPSA) is 127 Å². The van der Waals surface area contributed by atoms with Gasteiger partial charge in [-0.25, -0.2) is 4.79 Å². The molecule has 0 aliphatic heterocycles. The van der Waals surface area contributed by atoms with E-state index in [0.29, 0.717) is 53.1 Å². The maximum Gasteiger partial charge on any atom is 0.342 e. The first kappa shape index (κ1) is 32.6. The summed E-state index contributed by atoms with van der Waals surface area (Å²) < 4.78 is 22.9. The number of ether oxygens (including phenoxy) is 3. The third kappa shape index (κ3) is 8.61. The summed E-state index contributed by atoms with van der Waals surface area (Å²) in [6.45, 7) is 0.217. The van der Waals surface area contributed by atoms with Crippen molar-refractivity contribution in [1.29, 1.82) is 0 Å². The van der Waals surface area contributed by atoms with Gasteiger partial charge in [-0.05, 0) is 79.6 Å². The predicted molar refractivity (Wildman–Crippen MR) is 168 cm³/mol. The minimum atomic E-state index is -0.514. The SMILES string of the molecule is COc1ccc(-c2oc3c(OC)cc(CCC(=O)N[C@H](CO)Cc4ccccc4)cc3c2C(=O)OCCCCCCO)cc1. The Bertz CT molecular complexity index is 1500. The monoisotopic (exact) mass is 603 g/mol. The second-order valence-electron chi connectivity index (χ2n) is 10.6. The van der Waals surface area contributed by atoms with E-state index in [2.05, 4.69) is 5.32 Å². The predicted octanol–water partition coefficient (Wildman–Crippen LogP) is 5.48. The lowest BCUT2D eigenvalue weighted by atomic mass is 10.0. The highest BCUT2D eigenvalue weighted by molar-refractivity contribution is 6.10. The first-order chi connectivity index (χ1) is 21.5. The number of fused-ring (bicyclic) bond motifs is 1. The highest BCUT2D eigenvalue weighted by atomic mass is 16.5. The van der Waals surface area contributed by atoms with Crippen LogP contribution in [0.1, 0.15) is 53.6 Å². The van der Waals surface area contributed by atoms with Gasteiger partial charge in [-0.3, -0.25) is 4.79 Å². The lowest BCUT2D eigenvalue weighted by molar-refractivity contribution is -0.122. The number of rotatable bonds is 17. The molecule has 4 aromatic rings. The molecule has 1 amide bonds. The number of methoxy groups -OCH3 is 2. The van der Waals surface area contributed by atoms with Gasteiger partial charge in [0.05, 0.1) is 33.5 Å². The molecule has 234 valence electrons. The van der Waals surface area contributed by atoms with Crippen molar-refractivity contribution in [3.63, 3.8) is 0 Å². The Morgan fingerprint density at radius 2 is 1.64 bits per heavy atom. The molecule has 0 bridgehead atoms. The number of carbonyl (C=O) groups is 2. The smallest absolute Gasteiger partial charge is 0.342 e. The van der Waals surface area contributed by atoms with E-state index in [-0.39, 0.29) is 37.7 Å². The van der Waals surface area contributed by atoms with Crippen LogP contribution in [0.25, 0.3) is 22.3 Å². The number of nitrogens with one attached hydrogen (secondary N) is 1. The standard InChI is InChI=1S/C35H41NO8/c1-41-28-15-13-26(14-16-28)33-32(35(40)43-19-9-4-3-8-18-37)29-21-25(22-30(42-2)34(29)44-33)12-17-31(39)36-27(23-38)20-24-10-6-5-7-11-24/h5-7,10-11,13-16,21-22,27,37-38H,3-4,8-9,12,17-20,23H2,1-2H3,(H,36,39)/t27-/m0/s1. The molecule has 44 heavy (non-hydrogen) atoms. The van der Waals surface area contributed by atoms with Gasteiger partial charge < -0.3 is 34.2 Å². The van der Waals surface area contributed by atoms with Crippen LogP contribution in [-0.2, 0) is 22.4 Å². The highest BCUT2D eigenvalue weighted by Crippen LogP contribution is 2.40. The number of aliphatic hydroxyl groups is 2. The van der Waals surface area contributed by atoms with Gasteiger partial charge in [0.2, 0.25) is 5.91 Å². The summed E-state index contributed by atoms with van der Waals surface area (Å²) in [7, 11) is 3.11. The summed E-state index contributed by atoms with van der Waals surface area (Å²) >= 11 is 0. The summed E-state index contributed by atoms with van der Waals surface area (Å²) in [6, 6.07) is 20.1. The summed E-state index contributed by atoms with van der Waals surface area (Å²) in [5, 5.41) is 22.3. The average Bonchev–Trinajstić information content (AvgIpc) is 3.44. The molecular formula is C35H41NO8. The quantitative estimate of drug-likeness (QED) is 0.107. The first-order valence-electron chi connectivity index (χ1n) is 15.0. The molecule has 3 aromatic carbocycles. The van der Waals surface area contributed by atoms with Crippen LogP contribution >= 0.6 is 0 Å². The van der Waals surface area contributed by atoms with Crippen LogP contribution in [-0.4, -0.2) is 62.2 Å². The summed E-state index contributed by atoms with van der Waals surface area (Å²) in [4.78, 5) is 26.4. The lowest BCUT2D eigenvalue weighted by Gasteiger charge is -2.16. The molecule has 0 spiro atoms. The number of aliphatic hydroxyl groups excluding tert-OH is 2. The van der Waals surface area contributed by atoms with Crippen molar-refractivity contribution in [3.05, 3.63) is 83.4 Å². The second kappa shape index (κ2) is 16.5. The maximum atomic E-state index is 13.5. The molecule has 0 aliphatic carbocycles. The van der Waals surface area contributed by atoms with E-state index in [4.69, 9.17) is 23.7 Å². The molecule has 1 heterocycles. The Morgan fingerprint density at radius 3 is 2.32 bits per heavy atom. The Hall–Kier alpha value is -4.34. The van der Waals surface area contributed by atoms with Crippen molar-refractivity contribution < 1.29 is 38.4 Å². The molecule has 3 N–H and O–H groups in total. The molecule has 9 heteroatoms. The van der Waals surface area contributed by atoms with Crippen LogP contribution in [0.2, 0.25) is 0 Å². The summed E-state index contributed by atoms with van der Waals surface area (Å²) in [5.41, 5.74) is 3.18. The number of aryl methyl sites for hydroxylation is 1. The fraction of sp³-hybridized carbons (Fsp3) is 0.371. The molecule has 0 aliphatic rings. The zero-order chi connectivity index (χ0) is 31.3. The van der Waals surface area contributed by atoms with E-state index in [1.165, 1.54) is 7.11 Å². The molecular weight excluding hydrogens is 562 g/mol. The zero-order valence-corrected chi connectivity index (χ0v) is 25.3. The number of unbranched alkanes of at least 4 members (excludes halogenated alkanes) is 3. The number of esters is 1. The largest absolute Gasteiger partial charge is 0.497 e. The molecule has 1 atom stereocenters. The van der Waals surface area contributed by atoms with Crippen LogP contribution < -0.4 is 14.8 Å². The van der Waals surface area contributed by atoms with Crippen LogP contribution in [0.4, 0.5) is 0 Å². The van der Waals surface area contributed by atoms with Gasteiger partial charge in [0.15, 0.2) is 11.3 Å². The van der Waals surface area contributed by atoms with Gasteiger partial charge in [0, 0.05) is 24.0 Å². The molecule has 0 saturated carbocycles. The minimum Gasteiger partial charge on any atom is -0.497 e. The van der Waals surface area contributed by atoms with Crippen LogP contribution in [0.5, 0.6) is 11.5 Å². The Labute approximate surface area is 257 Å². The number of hydrogen-bond donors (Lipinski definition) is 3. The molecule has 1 aromatic heterocycles. The number of carbonyl (C=O) groups excluding carboxylic acids is 2. The van der Waals surface area contributed by atoms with E-state index >= 15 is 0 Å². The van der Waals surface area contributed by atoms with Crippen molar-refractivity contribution in [2.24, 2.45) is 0 Å². The van der Waals surface area contributed by atoms with E-state index in [1.54, 1.807) is 25.3 Å². The minimum absolute atomic E-state index is 0.146. The van der Waals surface area contributed by atoms with Crippen LogP contribution in [0.15, 0.2) is 71.1 Å². The van der Waals surface area contributed by atoms with Gasteiger partial charge in [-0.15, -0.1) is 0 Å². The average molecular weight is 604 g/mol. The number of furan rings is 1. The van der Waals surface area contributed by atoms with Gasteiger partial charge >= 0.3 is 5.97 Å². The van der Waals surface area contributed by atoms with Gasteiger partial charge in [0.1, 0.15) is 17.1 Å². The van der Waals surface area contributed by atoms with E-state index < -0.39 is 12.0 Å². The van der Waals surface area contributed by atoms with Crippen molar-refractivity contribution in [1.82, 2.24) is 5.32 Å². The number of amides is 1. The summed E-state index contributed by atoms with van der Waals surface area (Å²) in [6.07, 6.45) is 4.19. The first-order valence-corrected chi connectivity index (χ1v) is 15.0.